The zero-order valence-corrected chi connectivity index (χ0v) is 12.9. The Morgan fingerprint density at radius 3 is 2.50 bits per heavy atom. The summed E-state index contributed by atoms with van der Waals surface area (Å²) in [6.45, 7) is 5.66. The third-order valence-electron chi connectivity index (χ3n) is 4.32. The lowest BCUT2D eigenvalue weighted by molar-refractivity contribution is 0.101. The minimum absolute atomic E-state index is 0.0176. The number of hydrogen-bond acceptors (Lipinski definition) is 3. The fourth-order valence-corrected chi connectivity index (χ4v) is 4.09. The minimum Gasteiger partial charge on any atom is -0.295 e. The molecule has 1 aromatic rings. The van der Waals surface area contributed by atoms with E-state index in [1.54, 1.807) is 12.1 Å². The van der Waals surface area contributed by atoms with Gasteiger partial charge in [0.15, 0.2) is 5.78 Å². The summed E-state index contributed by atoms with van der Waals surface area (Å²) < 4.78 is 27.6. The number of nitrogens with one attached hydrogen (secondary N) is 1. The number of benzene rings is 1. The van der Waals surface area contributed by atoms with Crippen molar-refractivity contribution >= 4 is 15.8 Å². The van der Waals surface area contributed by atoms with E-state index in [1.807, 2.05) is 0 Å². The van der Waals surface area contributed by atoms with Crippen LogP contribution in [0, 0.1) is 11.8 Å². The number of hydrogen-bond donors (Lipinski definition) is 1. The van der Waals surface area contributed by atoms with Crippen molar-refractivity contribution in [1.82, 2.24) is 4.72 Å². The molecule has 110 valence electrons. The number of carbonyl (C=O) groups excluding carboxylic acids is 1. The van der Waals surface area contributed by atoms with Crippen molar-refractivity contribution in [3.63, 3.8) is 0 Å². The topological polar surface area (TPSA) is 63.2 Å². The van der Waals surface area contributed by atoms with Crippen LogP contribution in [0.5, 0.6) is 0 Å². The van der Waals surface area contributed by atoms with Gasteiger partial charge in [-0.15, -0.1) is 0 Å². The van der Waals surface area contributed by atoms with Crippen LogP contribution in [0.3, 0.4) is 0 Å². The van der Waals surface area contributed by atoms with Gasteiger partial charge in [0, 0.05) is 11.6 Å². The van der Waals surface area contributed by atoms with Crippen LogP contribution in [-0.4, -0.2) is 20.2 Å². The maximum absolute atomic E-state index is 12.4. The molecule has 0 aliphatic heterocycles. The monoisotopic (exact) mass is 295 g/mol. The standard InChI is InChI=1S/C15H21NO3S/c1-10-7-8-15(11(10)2)16-20(18,19)14-6-4-5-13(9-14)12(3)17/h4-6,9-11,15-16H,7-8H2,1-3H3. The van der Waals surface area contributed by atoms with Crippen molar-refractivity contribution in [2.24, 2.45) is 11.8 Å². The Kier molecular flexibility index (Phi) is 4.30. The highest BCUT2D eigenvalue weighted by molar-refractivity contribution is 7.89. The molecule has 0 bridgehead atoms. The van der Waals surface area contributed by atoms with Crippen molar-refractivity contribution in [2.75, 3.05) is 0 Å². The van der Waals surface area contributed by atoms with Gasteiger partial charge in [-0.1, -0.05) is 26.0 Å². The lowest BCUT2D eigenvalue weighted by Crippen LogP contribution is -2.37. The van der Waals surface area contributed by atoms with Crippen LogP contribution in [0.25, 0.3) is 0 Å². The highest BCUT2D eigenvalue weighted by Gasteiger charge is 2.33. The largest absolute Gasteiger partial charge is 0.295 e. The average Bonchev–Trinajstić information content (AvgIpc) is 2.70. The Morgan fingerprint density at radius 1 is 1.25 bits per heavy atom. The fraction of sp³-hybridized carbons (Fsp3) is 0.533. The van der Waals surface area contributed by atoms with Gasteiger partial charge in [-0.05, 0) is 43.7 Å². The molecule has 0 aromatic heterocycles. The molecule has 1 fully saturated rings. The Bertz CT molecular complexity index is 609. The predicted octanol–water partition coefficient (Wildman–Crippen LogP) is 2.60. The quantitative estimate of drug-likeness (QED) is 0.868. The Hall–Kier alpha value is -1.20. The molecule has 0 amide bonds. The zero-order chi connectivity index (χ0) is 14.9. The van der Waals surface area contributed by atoms with Gasteiger partial charge < -0.3 is 0 Å². The molecule has 3 atom stereocenters. The smallest absolute Gasteiger partial charge is 0.240 e. The van der Waals surface area contributed by atoms with Gasteiger partial charge in [-0.25, -0.2) is 13.1 Å². The van der Waals surface area contributed by atoms with Crippen molar-refractivity contribution in [3.8, 4) is 0 Å². The van der Waals surface area contributed by atoms with Gasteiger partial charge >= 0.3 is 0 Å². The van der Waals surface area contributed by atoms with Crippen molar-refractivity contribution in [2.45, 2.75) is 44.6 Å². The molecule has 0 heterocycles. The van der Waals surface area contributed by atoms with Crippen LogP contribution in [0.2, 0.25) is 0 Å². The maximum Gasteiger partial charge on any atom is 0.240 e. The van der Waals surface area contributed by atoms with Crippen molar-refractivity contribution in [1.29, 1.82) is 0 Å². The molecule has 3 unspecified atom stereocenters. The first-order valence-corrected chi connectivity index (χ1v) is 8.43. The average molecular weight is 295 g/mol. The minimum atomic E-state index is -3.56. The van der Waals surface area contributed by atoms with Gasteiger partial charge in [0.25, 0.3) is 0 Å². The van der Waals surface area contributed by atoms with Gasteiger partial charge in [-0.2, -0.15) is 0 Å². The number of sulfonamides is 1. The number of rotatable bonds is 4. The molecule has 1 aliphatic rings. The van der Waals surface area contributed by atoms with Gasteiger partial charge in [0.05, 0.1) is 4.90 Å². The first-order chi connectivity index (χ1) is 9.31. The van der Waals surface area contributed by atoms with Crippen molar-refractivity contribution < 1.29 is 13.2 Å². The van der Waals surface area contributed by atoms with Gasteiger partial charge in [0.1, 0.15) is 0 Å². The molecule has 0 spiro atoms. The van der Waals surface area contributed by atoms with Crippen LogP contribution in [0.1, 0.15) is 44.0 Å². The number of ketones is 1. The highest BCUT2D eigenvalue weighted by atomic mass is 32.2. The summed E-state index contributed by atoms with van der Waals surface area (Å²) in [5.74, 6) is 0.733. The Morgan fingerprint density at radius 2 is 1.95 bits per heavy atom. The van der Waals surface area contributed by atoms with E-state index in [0.717, 1.165) is 12.8 Å². The third-order valence-corrected chi connectivity index (χ3v) is 5.81. The SMILES string of the molecule is CC(=O)c1cccc(S(=O)(=O)NC2CCC(C)C2C)c1. The summed E-state index contributed by atoms with van der Waals surface area (Å²) in [7, 11) is -3.56. The predicted molar refractivity (Wildman–Crippen MR) is 78.1 cm³/mol. The summed E-state index contributed by atoms with van der Waals surface area (Å²) in [4.78, 5) is 11.5. The third kappa shape index (κ3) is 3.10. The van der Waals surface area contributed by atoms with Gasteiger partial charge in [0.2, 0.25) is 10.0 Å². The van der Waals surface area contributed by atoms with E-state index in [1.165, 1.54) is 19.1 Å². The second-order valence-corrected chi connectivity index (χ2v) is 7.44. The first-order valence-electron chi connectivity index (χ1n) is 6.94. The molecule has 1 aromatic carbocycles. The summed E-state index contributed by atoms with van der Waals surface area (Å²) in [5, 5.41) is 0. The summed E-state index contributed by atoms with van der Waals surface area (Å²) >= 11 is 0. The fourth-order valence-electron chi connectivity index (χ4n) is 2.68. The Labute approximate surface area is 120 Å². The molecule has 1 saturated carbocycles. The van der Waals surface area contributed by atoms with E-state index in [9.17, 15) is 13.2 Å². The molecule has 0 saturated heterocycles. The maximum atomic E-state index is 12.4. The molecular weight excluding hydrogens is 274 g/mol. The molecule has 1 N–H and O–H groups in total. The van der Waals surface area contributed by atoms with E-state index in [2.05, 4.69) is 18.6 Å². The second kappa shape index (κ2) is 5.66. The van der Waals surface area contributed by atoms with E-state index < -0.39 is 10.0 Å². The summed E-state index contributed by atoms with van der Waals surface area (Å²) in [5.41, 5.74) is 0.417. The molecule has 1 aliphatic carbocycles. The van der Waals surface area contributed by atoms with E-state index in [0.29, 0.717) is 17.4 Å². The van der Waals surface area contributed by atoms with Crippen LogP contribution in [-0.2, 0) is 10.0 Å². The van der Waals surface area contributed by atoms with E-state index >= 15 is 0 Å². The van der Waals surface area contributed by atoms with E-state index in [-0.39, 0.29) is 16.7 Å². The van der Waals surface area contributed by atoms with Gasteiger partial charge in [-0.3, -0.25) is 4.79 Å². The second-order valence-electron chi connectivity index (χ2n) is 5.73. The normalized spacial score (nSPS) is 26.6. The van der Waals surface area contributed by atoms with E-state index in [4.69, 9.17) is 0 Å². The van der Waals surface area contributed by atoms with Crippen molar-refractivity contribution in [3.05, 3.63) is 29.8 Å². The lowest BCUT2D eigenvalue weighted by atomic mass is 9.98. The Balaban J connectivity index is 2.23. The zero-order valence-electron chi connectivity index (χ0n) is 12.1. The first kappa shape index (κ1) is 15.2. The summed E-state index contributed by atoms with van der Waals surface area (Å²) in [6, 6.07) is 6.18. The summed E-state index contributed by atoms with van der Waals surface area (Å²) in [6.07, 6.45) is 1.91. The van der Waals surface area contributed by atoms with Crippen LogP contribution in [0.15, 0.2) is 29.2 Å². The molecule has 4 nitrogen and oxygen atoms in total. The van der Waals surface area contributed by atoms with Crippen LogP contribution < -0.4 is 4.72 Å². The lowest BCUT2D eigenvalue weighted by Gasteiger charge is -2.19. The number of Topliss-reactive ketones (excluding diaryl/α,β-unsaturated/α-hetero) is 1. The molecule has 20 heavy (non-hydrogen) atoms. The molecule has 2 rings (SSSR count). The molecule has 5 heteroatoms. The number of carbonyl (C=O) groups is 1. The molecule has 0 radical (unpaired) electrons. The molecular formula is C15H21NO3S. The van der Waals surface area contributed by atoms with Crippen LogP contribution >= 0.6 is 0 Å². The van der Waals surface area contributed by atoms with Crippen LogP contribution in [0.4, 0.5) is 0 Å². The highest BCUT2D eigenvalue weighted by Crippen LogP contribution is 2.32.